The van der Waals surface area contributed by atoms with Gasteiger partial charge >= 0.3 is 0 Å². The molecule has 6 heteroatoms. The van der Waals surface area contributed by atoms with E-state index in [4.69, 9.17) is 0 Å². The Morgan fingerprint density at radius 2 is 2.26 bits per heavy atom. The standard InChI is InChI=1S/C13H15N3O2S/c1-14-10(17)6-16-7-15-12-11(13(16)18)8-4-2-3-5-9(8)19-12/h7H,2-6H2,1H3,(H,14,17). The molecule has 0 saturated heterocycles. The number of hydrogen-bond donors (Lipinski definition) is 1. The van der Waals surface area contributed by atoms with Crippen LogP contribution in [-0.4, -0.2) is 22.5 Å². The molecule has 2 aromatic heterocycles. The molecule has 19 heavy (non-hydrogen) atoms. The van der Waals surface area contributed by atoms with Gasteiger partial charge in [-0.25, -0.2) is 4.98 Å². The van der Waals surface area contributed by atoms with E-state index in [0.29, 0.717) is 0 Å². The van der Waals surface area contributed by atoms with Crippen LogP contribution in [0.4, 0.5) is 0 Å². The number of aryl methyl sites for hydroxylation is 2. The first-order valence-corrected chi connectivity index (χ1v) is 7.22. The summed E-state index contributed by atoms with van der Waals surface area (Å²) in [6.45, 7) is 0.0306. The Morgan fingerprint density at radius 1 is 1.47 bits per heavy atom. The molecule has 0 fully saturated rings. The second-order valence-corrected chi connectivity index (χ2v) is 5.83. The van der Waals surface area contributed by atoms with Crippen LogP contribution in [0, 0.1) is 0 Å². The van der Waals surface area contributed by atoms with E-state index < -0.39 is 0 Å². The van der Waals surface area contributed by atoms with Crippen molar-refractivity contribution >= 4 is 27.5 Å². The van der Waals surface area contributed by atoms with Crippen LogP contribution in [0.5, 0.6) is 0 Å². The highest BCUT2D eigenvalue weighted by molar-refractivity contribution is 7.18. The molecule has 100 valence electrons. The highest BCUT2D eigenvalue weighted by Gasteiger charge is 2.20. The van der Waals surface area contributed by atoms with E-state index in [2.05, 4.69) is 10.3 Å². The minimum atomic E-state index is -0.188. The molecule has 0 unspecified atom stereocenters. The Morgan fingerprint density at radius 3 is 3.05 bits per heavy atom. The number of hydrogen-bond acceptors (Lipinski definition) is 4. The van der Waals surface area contributed by atoms with E-state index >= 15 is 0 Å². The molecule has 0 spiro atoms. The molecule has 0 aliphatic heterocycles. The largest absolute Gasteiger partial charge is 0.358 e. The zero-order valence-electron chi connectivity index (χ0n) is 10.7. The number of nitrogens with zero attached hydrogens (tertiary/aromatic N) is 2. The van der Waals surface area contributed by atoms with Crippen LogP contribution in [0.25, 0.3) is 10.2 Å². The SMILES string of the molecule is CNC(=O)Cn1cnc2sc3c(c2c1=O)CCCC3. The molecule has 1 N–H and O–H groups in total. The van der Waals surface area contributed by atoms with Crippen molar-refractivity contribution in [3.8, 4) is 0 Å². The number of nitrogens with one attached hydrogen (secondary N) is 1. The van der Waals surface area contributed by atoms with Crippen molar-refractivity contribution in [3.05, 3.63) is 27.1 Å². The molecule has 0 atom stereocenters. The third-order valence-corrected chi connectivity index (χ3v) is 4.73. The second kappa shape index (κ2) is 4.77. The third kappa shape index (κ3) is 2.06. The van der Waals surface area contributed by atoms with Crippen molar-refractivity contribution in [1.82, 2.24) is 14.9 Å². The maximum atomic E-state index is 12.5. The molecule has 2 heterocycles. The monoisotopic (exact) mass is 277 g/mol. The Kier molecular flexibility index (Phi) is 3.10. The predicted molar refractivity (Wildman–Crippen MR) is 74.6 cm³/mol. The van der Waals surface area contributed by atoms with Gasteiger partial charge in [0.2, 0.25) is 5.91 Å². The number of aromatic nitrogens is 2. The van der Waals surface area contributed by atoms with Crippen LogP contribution in [-0.2, 0) is 24.2 Å². The fraction of sp³-hybridized carbons (Fsp3) is 0.462. The van der Waals surface area contributed by atoms with E-state index in [0.717, 1.165) is 35.0 Å². The van der Waals surface area contributed by atoms with Gasteiger partial charge in [-0.15, -0.1) is 11.3 Å². The first kappa shape index (κ1) is 12.3. The molecular formula is C13H15N3O2S. The van der Waals surface area contributed by atoms with Crippen LogP contribution in [0.15, 0.2) is 11.1 Å². The fourth-order valence-corrected chi connectivity index (χ4v) is 3.75. The van der Waals surface area contributed by atoms with Gasteiger partial charge in [0.05, 0.1) is 11.7 Å². The Labute approximate surface area is 114 Å². The average molecular weight is 277 g/mol. The van der Waals surface area contributed by atoms with Crippen molar-refractivity contribution in [1.29, 1.82) is 0 Å². The normalized spacial score (nSPS) is 14.4. The number of fused-ring (bicyclic) bond motifs is 3. The zero-order chi connectivity index (χ0) is 13.4. The molecule has 3 rings (SSSR count). The van der Waals surface area contributed by atoms with Gasteiger partial charge in [0.15, 0.2) is 0 Å². The summed E-state index contributed by atoms with van der Waals surface area (Å²) in [5, 5.41) is 3.25. The Bertz CT molecular complexity index is 702. The van der Waals surface area contributed by atoms with Gasteiger partial charge in [-0.1, -0.05) is 0 Å². The van der Waals surface area contributed by atoms with Gasteiger partial charge in [-0.2, -0.15) is 0 Å². The molecule has 1 aliphatic carbocycles. The van der Waals surface area contributed by atoms with E-state index in [1.165, 1.54) is 22.2 Å². The lowest BCUT2D eigenvalue weighted by molar-refractivity contribution is -0.121. The van der Waals surface area contributed by atoms with Crippen molar-refractivity contribution in [2.75, 3.05) is 7.05 Å². The quantitative estimate of drug-likeness (QED) is 0.893. The van der Waals surface area contributed by atoms with Crippen LogP contribution in [0.3, 0.4) is 0 Å². The molecule has 0 bridgehead atoms. The third-order valence-electron chi connectivity index (χ3n) is 3.53. The number of carbonyl (C=O) groups is 1. The van der Waals surface area contributed by atoms with Crippen molar-refractivity contribution in [2.45, 2.75) is 32.2 Å². The molecule has 0 saturated carbocycles. The summed E-state index contributed by atoms with van der Waals surface area (Å²) in [5.74, 6) is -0.188. The topological polar surface area (TPSA) is 64.0 Å². The summed E-state index contributed by atoms with van der Waals surface area (Å²) in [6, 6.07) is 0. The molecular weight excluding hydrogens is 262 g/mol. The second-order valence-electron chi connectivity index (χ2n) is 4.74. The summed E-state index contributed by atoms with van der Waals surface area (Å²) >= 11 is 1.62. The molecule has 0 aromatic carbocycles. The highest BCUT2D eigenvalue weighted by atomic mass is 32.1. The summed E-state index contributed by atoms with van der Waals surface area (Å²) < 4.78 is 1.39. The first-order chi connectivity index (χ1) is 9.20. The molecule has 0 radical (unpaired) electrons. The summed E-state index contributed by atoms with van der Waals surface area (Å²) in [7, 11) is 1.56. The van der Waals surface area contributed by atoms with Gasteiger partial charge in [-0.3, -0.25) is 14.2 Å². The van der Waals surface area contributed by atoms with Crippen molar-refractivity contribution < 1.29 is 4.79 Å². The number of amides is 1. The number of likely N-dealkylation sites (N-methyl/N-ethyl adjacent to an activating group) is 1. The molecule has 5 nitrogen and oxygen atoms in total. The highest BCUT2D eigenvalue weighted by Crippen LogP contribution is 2.33. The van der Waals surface area contributed by atoms with Gasteiger partial charge in [-0.05, 0) is 31.2 Å². The fourth-order valence-electron chi connectivity index (χ4n) is 2.53. The smallest absolute Gasteiger partial charge is 0.262 e. The predicted octanol–water partition coefficient (Wildman–Crippen LogP) is 1.08. The maximum Gasteiger partial charge on any atom is 0.262 e. The summed E-state index contributed by atoms with van der Waals surface area (Å²) in [4.78, 5) is 30.3. The average Bonchev–Trinajstić information content (AvgIpc) is 2.81. The number of rotatable bonds is 2. The first-order valence-electron chi connectivity index (χ1n) is 6.41. The molecule has 1 aliphatic rings. The Hall–Kier alpha value is -1.69. The molecule has 2 aromatic rings. The van der Waals surface area contributed by atoms with Crippen molar-refractivity contribution in [3.63, 3.8) is 0 Å². The van der Waals surface area contributed by atoms with Crippen molar-refractivity contribution in [2.24, 2.45) is 0 Å². The summed E-state index contributed by atoms with van der Waals surface area (Å²) in [6.07, 6.45) is 5.79. The van der Waals surface area contributed by atoms with Crippen LogP contribution in [0.1, 0.15) is 23.3 Å². The minimum Gasteiger partial charge on any atom is -0.358 e. The Balaban J connectivity index is 2.15. The maximum absolute atomic E-state index is 12.5. The summed E-state index contributed by atoms with van der Waals surface area (Å²) in [5.41, 5.74) is 1.07. The lowest BCUT2D eigenvalue weighted by Crippen LogP contribution is -2.30. The van der Waals surface area contributed by atoms with Gasteiger partial charge in [0.25, 0.3) is 5.56 Å². The lowest BCUT2D eigenvalue weighted by Gasteiger charge is -2.10. The van der Waals surface area contributed by atoms with Crippen LogP contribution < -0.4 is 10.9 Å². The van der Waals surface area contributed by atoms with E-state index in [1.807, 2.05) is 0 Å². The van der Waals surface area contributed by atoms with Gasteiger partial charge < -0.3 is 5.32 Å². The molecule has 1 amide bonds. The van der Waals surface area contributed by atoms with E-state index in [-0.39, 0.29) is 18.0 Å². The van der Waals surface area contributed by atoms with Crippen LogP contribution in [0.2, 0.25) is 0 Å². The zero-order valence-corrected chi connectivity index (χ0v) is 11.5. The van der Waals surface area contributed by atoms with Gasteiger partial charge in [0, 0.05) is 11.9 Å². The number of thiophene rings is 1. The van der Waals surface area contributed by atoms with E-state index in [9.17, 15) is 9.59 Å². The minimum absolute atomic E-state index is 0.0306. The number of carbonyl (C=O) groups excluding carboxylic acids is 1. The lowest BCUT2D eigenvalue weighted by atomic mass is 9.97. The van der Waals surface area contributed by atoms with Gasteiger partial charge in [0.1, 0.15) is 11.4 Å². The van der Waals surface area contributed by atoms with E-state index in [1.54, 1.807) is 18.4 Å². The van der Waals surface area contributed by atoms with Crippen LogP contribution >= 0.6 is 11.3 Å².